The molecule has 6 heteroatoms. The van der Waals surface area contributed by atoms with E-state index in [2.05, 4.69) is 4.98 Å². The van der Waals surface area contributed by atoms with Crippen LogP contribution in [0.2, 0.25) is 0 Å². The highest BCUT2D eigenvalue weighted by atomic mass is 16.2. The van der Waals surface area contributed by atoms with Crippen molar-refractivity contribution in [3.8, 4) is 0 Å². The summed E-state index contributed by atoms with van der Waals surface area (Å²) in [5.41, 5.74) is -0.749. The molecule has 6 nitrogen and oxygen atoms in total. The Labute approximate surface area is 107 Å². The third kappa shape index (κ3) is 2.63. The van der Waals surface area contributed by atoms with Gasteiger partial charge in [0.25, 0.3) is 0 Å². The maximum Gasteiger partial charge on any atom is 0.355 e. The fourth-order valence-electron chi connectivity index (χ4n) is 2.10. The van der Waals surface area contributed by atoms with Crippen LogP contribution in [0.3, 0.4) is 0 Å². The Morgan fingerprint density at radius 3 is 2.33 bits per heavy atom. The Morgan fingerprint density at radius 2 is 1.89 bits per heavy atom. The van der Waals surface area contributed by atoms with Crippen molar-refractivity contribution in [2.45, 2.75) is 39.2 Å². The van der Waals surface area contributed by atoms with Crippen LogP contribution >= 0.6 is 0 Å². The Bertz CT molecular complexity index is 516. The first-order valence-electron chi connectivity index (χ1n) is 6.30. The third-order valence-corrected chi connectivity index (χ3v) is 3.05. The van der Waals surface area contributed by atoms with Gasteiger partial charge in [-0.1, -0.05) is 20.3 Å². The molecule has 1 atom stereocenters. The van der Waals surface area contributed by atoms with Gasteiger partial charge < -0.3 is 4.90 Å². The van der Waals surface area contributed by atoms with Crippen molar-refractivity contribution < 1.29 is 0 Å². The molecular formula is C12H22N4O2. The maximum absolute atomic E-state index is 12.2. The van der Waals surface area contributed by atoms with Crippen LogP contribution < -0.4 is 16.3 Å². The molecule has 0 radical (unpaired) electrons. The van der Waals surface area contributed by atoms with E-state index in [0.29, 0.717) is 5.95 Å². The van der Waals surface area contributed by atoms with Gasteiger partial charge in [-0.2, -0.15) is 4.98 Å². The lowest BCUT2D eigenvalue weighted by atomic mass is 10.1. The lowest BCUT2D eigenvalue weighted by Gasteiger charge is -2.20. The van der Waals surface area contributed by atoms with E-state index in [1.807, 2.05) is 13.8 Å². The van der Waals surface area contributed by atoms with Crippen LogP contribution in [-0.2, 0) is 7.05 Å². The molecule has 0 aliphatic rings. The Morgan fingerprint density at radius 1 is 1.28 bits per heavy atom. The van der Waals surface area contributed by atoms with Crippen LogP contribution in [0.1, 0.15) is 39.2 Å². The molecule has 0 aromatic carbocycles. The summed E-state index contributed by atoms with van der Waals surface area (Å²) in [4.78, 5) is 29.9. The monoisotopic (exact) mass is 254 g/mol. The standard InChI is InChI=1S/C12H22N4O2/c1-6-8-9(7-2)16-11(17)13-10(14(3)4)15(5)12(16)18/h9H,6-8H2,1-5H3. The van der Waals surface area contributed by atoms with E-state index in [0.717, 1.165) is 19.3 Å². The topological polar surface area (TPSA) is 60.1 Å². The number of rotatable bonds is 5. The van der Waals surface area contributed by atoms with Gasteiger partial charge in [0, 0.05) is 27.2 Å². The fraction of sp³-hybridized carbons (Fsp3) is 0.750. The van der Waals surface area contributed by atoms with E-state index in [-0.39, 0.29) is 11.7 Å². The SMILES string of the molecule is CCCC(CC)n1c(=O)nc(N(C)C)n(C)c1=O. The van der Waals surface area contributed by atoms with Crippen LogP contribution in [0.15, 0.2) is 9.59 Å². The van der Waals surface area contributed by atoms with Crippen LogP contribution in [0.25, 0.3) is 0 Å². The van der Waals surface area contributed by atoms with Crippen LogP contribution in [0.4, 0.5) is 5.95 Å². The van der Waals surface area contributed by atoms with Gasteiger partial charge >= 0.3 is 11.4 Å². The summed E-state index contributed by atoms with van der Waals surface area (Å²) >= 11 is 0. The van der Waals surface area contributed by atoms with Crippen LogP contribution in [-0.4, -0.2) is 28.2 Å². The molecule has 0 aliphatic carbocycles. The largest absolute Gasteiger partial charge is 0.355 e. The van der Waals surface area contributed by atoms with Crippen molar-refractivity contribution in [2.75, 3.05) is 19.0 Å². The minimum absolute atomic E-state index is 0.0649. The highest BCUT2D eigenvalue weighted by Gasteiger charge is 2.17. The van der Waals surface area contributed by atoms with Crippen molar-refractivity contribution in [3.63, 3.8) is 0 Å². The smallest absolute Gasteiger partial charge is 0.348 e. The summed E-state index contributed by atoms with van der Waals surface area (Å²) in [5, 5.41) is 0. The Balaban J connectivity index is 3.44. The molecule has 1 unspecified atom stereocenters. The molecule has 1 aromatic rings. The zero-order valence-electron chi connectivity index (χ0n) is 11.8. The summed E-state index contributed by atoms with van der Waals surface area (Å²) in [6.07, 6.45) is 2.50. The Kier molecular flexibility index (Phi) is 4.69. The molecule has 1 rings (SSSR count). The first kappa shape index (κ1) is 14.5. The van der Waals surface area contributed by atoms with Gasteiger partial charge in [-0.3, -0.25) is 4.57 Å². The second-order valence-electron chi connectivity index (χ2n) is 4.65. The second kappa shape index (κ2) is 5.84. The van der Waals surface area contributed by atoms with E-state index < -0.39 is 5.69 Å². The first-order chi connectivity index (χ1) is 8.43. The van der Waals surface area contributed by atoms with Gasteiger partial charge in [-0.15, -0.1) is 0 Å². The molecule has 102 valence electrons. The molecule has 0 aliphatic heterocycles. The molecule has 0 amide bonds. The summed E-state index contributed by atoms with van der Waals surface area (Å²) in [5.74, 6) is 0.382. The predicted octanol–water partition coefficient (Wildman–Crippen LogP) is 0.759. The molecule has 1 heterocycles. The zero-order chi connectivity index (χ0) is 13.9. The minimum Gasteiger partial charge on any atom is -0.348 e. The molecule has 18 heavy (non-hydrogen) atoms. The third-order valence-electron chi connectivity index (χ3n) is 3.05. The second-order valence-corrected chi connectivity index (χ2v) is 4.65. The summed E-state index contributed by atoms with van der Waals surface area (Å²) in [6, 6.07) is -0.0649. The maximum atomic E-state index is 12.2. The molecule has 0 spiro atoms. The first-order valence-corrected chi connectivity index (χ1v) is 6.30. The lowest BCUT2D eigenvalue weighted by Crippen LogP contribution is -2.44. The summed E-state index contributed by atoms with van der Waals surface area (Å²) in [6.45, 7) is 4.02. The summed E-state index contributed by atoms with van der Waals surface area (Å²) < 4.78 is 2.69. The molecule has 0 saturated carbocycles. The van der Waals surface area contributed by atoms with Gasteiger partial charge in [-0.25, -0.2) is 14.2 Å². The van der Waals surface area contributed by atoms with E-state index in [9.17, 15) is 9.59 Å². The number of aromatic nitrogens is 3. The molecule has 0 fully saturated rings. The average Bonchev–Trinajstić information content (AvgIpc) is 2.32. The van der Waals surface area contributed by atoms with Gasteiger partial charge in [-0.05, 0) is 12.8 Å². The van der Waals surface area contributed by atoms with Crippen molar-refractivity contribution >= 4 is 5.95 Å². The van der Waals surface area contributed by atoms with E-state index in [4.69, 9.17) is 0 Å². The average molecular weight is 254 g/mol. The molecule has 0 N–H and O–H groups in total. The lowest BCUT2D eigenvalue weighted by molar-refractivity contribution is 0.400. The van der Waals surface area contributed by atoms with Gasteiger partial charge in [0.15, 0.2) is 0 Å². The molecular weight excluding hydrogens is 232 g/mol. The fourth-order valence-corrected chi connectivity index (χ4v) is 2.10. The highest BCUT2D eigenvalue weighted by Crippen LogP contribution is 2.13. The predicted molar refractivity (Wildman–Crippen MR) is 72.3 cm³/mol. The van der Waals surface area contributed by atoms with E-state index >= 15 is 0 Å². The Hall–Kier alpha value is -1.59. The minimum atomic E-state index is -0.456. The van der Waals surface area contributed by atoms with E-state index in [1.54, 1.807) is 26.0 Å². The molecule has 0 saturated heterocycles. The molecule has 1 aromatic heterocycles. The van der Waals surface area contributed by atoms with Gasteiger partial charge in [0.05, 0.1) is 0 Å². The number of anilines is 1. The number of hydrogen-bond acceptors (Lipinski definition) is 4. The van der Waals surface area contributed by atoms with Crippen molar-refractivity contribution in [1.82, 2.24) is 14.1 Å². The summed E-state index contributed by atoms with van der Waals surface area (Å²) in [7, 11) is 5.16. The normalized spacial score (nSPS) is 12.5. The van der Waals surface area contributed by atoms with E-state index in [1.165, 1.54) is 9.13 Å². The zero-order valence-corrected chi connectivity index (χ0v) is 11.8. The van der Waals surface area contributed by atoms with Crippen molar-refractivity contribution in [1.29, 1.82) is 0 Å². The number of hydrogen-bond donors (Lipinski definition) is 0. The number of nitrogens with zero attached hydrogens (tertiary/aromatic N) is 4. The van der Waals surface area contributed by atoms with Gasteiger partial charge in [0.2, 0.25) is 5.95 Å². The van der Waals surface area contributed by atoms with Gasteiger partial charge in [0.1, 0.15) is 0 Å². The highest BCUT2D eigenvalue weighted by molar-refractivity contribution is 5.25. The molecule has 0 bridgehead atoms. The van der Waals surface area contributed by atoms with Crippen LogP contribution in [0.5, 0.6) is 0 Å². The van der Waals surface area contributed by atoms with Crippen molar-refractivity contribution in [2.24, 2.45) is 7.05 Å². The van der Waals surface area contributed by atoms with Crippen molar-refractivity contribution in [3.05, 3.63) is 21.0 Å². The quantitative estimate of drug-likeness (QED) is 0.778. The van der Waals surface area contributed by atoms with Crippen LogP contribution in [0, 0.1) is 0 Å².